The fraction of sp³-hybridized carbons (Fsp3) is 0.600. The highest BCUT2D eigenvalue weighted by Gasteiger charge is 1.98. The van der Waals surface area contributed by atoms with Crippen molar-refractivity contribution < 1.29 is 4.74 Å². The SMILES string of the molecule is CCCOCCCc1c[nH]c(=S)[nH]c1=O. The van der Waals surface area contributed by atoms with Gasteiger partial charge in [-0.2, -0.15) is 0 Å². The van der Waals surface area contributed by atoms with Crippen LogP contribution in [0.5, 0.6) is 0 Å². The van der Waals surface area contributed by atoms with Crippen LogP contribution in [0.25, 0.3) is 0 Å². The van der Waals surface area contributed by atoms with Crippen molar-refractivity contribution in [3.63, 3.8) is 0 Å². The molecule has 84 valence electrons. The van der Waals surface area contributed by atoms with E-state index in [9.17, 15) is 4.79 Å². The number of ether oxygens (including phenoxy) is 1. The Hall–Kier alpha value is -0.940. The van der Waals surface area contributed by atoms with Gasteiger partial charge >= 0.3 is 0 Å². The molecular weight excluding hydrogens is 212 g/mol. The fourth-order valence-corrected chi connectivity index (χ4v) is 1.39. The number of nitrogens with one attached hydrogen (secondary N) is 2. The molecule has 15 heavy (non-hydrogen) atoms. The summed E-state index contributed by atoms with van der Waals surface area (Å²) in [6.45, 7) is 3.55. The lowest BCUT2D eigenvalue weighted by Crippen LogP contribution is -2.14. The third-order valence-corrected chi connectivity index (χ3v) is 2.20. The molecule has 5 heteroatoms. The summed E-state index contributed by atoms with van der Waals surface area (Å²) < 4.78 is 5.69. The Morgan fingerprint density at radius 3 is 2.93 bits per heavy atom. The second kappa shape index (κ2) is 6.53. The van der Waals surface area contributed by atoms with Gasteiger partial charge in [0, 0.05) is 25.0 Å². The molecule has 0 aliphatic rings. The van der Waals surface area contributed by atoms with E-state index in [-0.39, 0.29) is 5.56 Å². The molecule has 4 nitrogen and oxygen atoms in total. The van der Waals surface area contributed by atoms with Gasteiger partial charge in [-0.3, -0.25) is 9.78 Å². The number of aryl methyl sites for hydroxylation is 1. The molecule has 0 saturated carbocycles. The Labute approximate surface area is 93.7 Å². The molecule has 0 aliphatic heterocycles. The van der Waals surface area contributed by atoms with Crippen LogP contribution >= 0.6 is 12.2 Å². The average Bonchev–Trinajstić information content (AvgIpc) is 2.20. The molecule has 0 radical (unpaired) electrons. The van der Waals surface area contributed by atoms with Crippen LogP contribution < -0.4 is 5.56 Å². The van der Waals surface area contributed by atoms with Crippen molar-refractivity contribution in [1.29, 1.82) is 0 Å². The van der Waals surface area contributed by atoms with Gasteiger partial charge in [-0.1, -0.05) is 6.92 Å². The molecule has 1 aromatic rings. The third kappa shape index (κ3) is 4.40. The van der Waals surface area contributed by atoms with Crippen LogP contribution in [0.3, 0.4) is 0 Å². The first-order chi connectivity index (χ1) is 7.24. The van der Waals surface area contributed by atoms with Crippen LogP contribution in [0.15, 0.2) is 11.0 Å². The topological polar surface area (TPSA) is 57.9 Å². The van der Waals surface area contributed by atoms with Gasteiger partial charge in [0.2, 0.25) is 0 Å². The van der Waals surface area contributed by atoms with Crippen LogP contribution in [0.4, 0.5) is 0 Å². The first-order valence-corrected chi connectivity index (χ1v) is 5.53. The second-order valence-corrected chi connectivity index (χ2v) is 3.72. The second-order valence-electron chi connectivity index (χ2n) is 3.31. The van der Waals surface area contributed by atoms with Crippen molar-refractivity contribution in [3.05, 3.63) is 26.9 Å². The van der Waals surface area contributed by atoms with Crippen LogP contribution in [0.2, 0.25) is 0 Å². The number of H-pyrrole nitrogens is 2. The molecule has 1 aromatic heterocycles. The zero-order valence-electron chi connectivity index (χ0n) is 8.84. The predicted molar refractivity (Wildman–Crippen MR) is 61.7 cm³/mol. The van der Waals surface area contributed by atoms with Crippen molar-refractivity contribution >= 4 is 12.2 Å². The van der Waals surface area contributed by atoms with E-state index in [2.05, 4.69) is 16.9 Å². The van der Waals surface area contributed by atoms with E-state index in [1.54, 1.807) is 6.20 Å². The molecule has 1 heterocycles. The average molecular weight is 228 g/mol. The van der Waals surface area contributed by atoms with Gasteiger partial charge in [0.1, 0.15) is 0 Å². The van der Waals surface area contributed by atoms with Gasteiger partial charge in [-0.25, -0.2) is 0 Å². The summed E-state index contributed by atoms with van der Waals surface area (Å²) in [5, 5.41) is 0. The highest BCUT2D eigenvalue weighted by molar-refractivity contribution is 7.71. The van der Waals surface area contributed by atoms with Crippen molar-refractivity contribution in [1.82, 2.24) is 9.97 Å². The maximum atomic E-state index is 11.4. The van der Waals surface area contributed by atoms with E-state index in [1.807, 2.05) is 0 Å². The Kier molecular flexibility index (Phi) is 5.28. The third-order valence-electron chi connectivity index (χ3n) is 1.98. The molecule has 2 N–H and O–H groups in total. The molecule has 0 unspecified atom stereocenters. The van der Waals surface area contributed by atoms with Gasteiger partial charge in [0.15, 0.2) is 4.77 Å². The van der Waals surface area contributed by atoms with E-state index < -0.39 is 0 Å². The zero-order chi connectivity index (χ0) is 11.1. The van der Waals surface area contributed by atoms with Crippen molar-refractivity contribution in [2.75, 3.05) is 13.2 Å². The van der Waals surface area contributed by atoms with Gasteiger partial charge < -0.3 is 9.72 Å². The van der Waals surface area contributed by atoms with E-state index in [0.29, 0.717) is 17.8 Å². The standard InChI is InChI=1S/C10H16N2O2S/c1-2-5-14-6-3-4-8-7-11-10(15)12-9(8)13/h7H,2-6H2,1H3,(H2,11,12,13,15). The molecule has 0 bridgehead atoms. The maximum absolute atomic E-state index is 11.4. The molecular formula is C10H16N2O2S. The van der Waals surface area contributed by atoms with Crippen LogP contribution in [-0.2, 0) is 11.2 Å². The van der Waals surface area contributed by atoms with Crippen LogP contribution in [-0.4, -0.2) is 23.2 Å². The fourth-order valence-electron chi connectivity index (χ4n) is 1.23. The van der Waals surface area contributed by atoms with E-state index in [4.69, 9.17) is 17.0 Å². The van der Waals surface area contributed by atoms with Gasteiger partial charge in [-0.05, 0) is 31.5 Å². The number of aromatic nitrogens is 2. The van der Waals surface area contributed by atoms with E-state index in [0.717, 1.165) is 25.0 Å². The lowest BCUT2D eigenvalue weighted by atomic mass is 10.2. The molecule has 0 spiro atoms. The smallest absolute Gasteiger partial charge is 0.254 e. The minimum Gasteiger partial charge on any atom is -0.381 e. The Morgan fingerprint density at radius 2 is 2.27 bits per heavy atom. The minimum absolute atomic E-state index is 0.103. The summed E-state index contributed by atoms with van der Waals surface area (Å²) in [5.41, 5.74) is 0.623. The number of hydrogen-bond acceptors (Lipinski definition) is 3. The quantitative estimate of drug-likeness (QED) is 0.576. The number of hydrogen-bond donors (Lipinski definition) is 2. The van der Waals surface area contributed by atoms with Crippen LogP contribution in [0, 0.1) is 4.77 Å². The van der Waals surface area contributed by atoms with Crippen molar-refractivity contribution in [2.45, 2.75) is 26.2 Å². The van der Waals surface area contributed by atoms with E-state index in [1.165, 1.54) is 0 Å². The highest BCUT2D eigenvalue weighted by atomic mass is 32.1. The molecule has 0 aliphatic carbocycles. The monoisotopic (exact) mass is 228 g/mol. The highest BCUT2D eigenvalue weighted by Crippen LogP contribution is 1.95. The number of rotatable bonds is 6. The molecule has 0 atom stereocenters. The summed E-state index contributed by atoms with van der Waals surface area (Å²) >= 11 is 4.79. The summed E-state index contributed by atoms with van der Waals surface area (Å²) in [4.78, 5) is 16.7. The first-order valence-electron chi connectivity index (χ1n) is 5.12. The van der Waals surface area contributed by atoms with Crippen molar-refractivity contribution in [2.24, 2.45) is 0 Å². The molecule has 0 amide bonds. The molecule has 1 rings (SSSR count). The lowest BCUT2D eigenvalue weighted by Gasteiger charge is -2.01. The molecule has 0 aromatic carbocycles. The minimum atomic E-state index is -0.103. The zero-order valence-corrected chi connectivity index (χ0v) is 9.65. The van der Waals surface area contributed by atoms with Gasteiger partial charge in [0.05, 0.1) is 0 Å². The Balaban J connectivity index is 2.38. The van der Waals surface area contributed by atoms with Crippen molar-refractivity contribution in [3.8, 4) is 0 Å². The number of aromatic amines is 2. The Morgan fingerprint density at radius 1 is 1.47 bits per heavy atom. The largest absolute Gasteiger partial charge is 0.381 e. The normalized spacial score (nSPS) is 10.5. The van der Waals surface area contributed by atoms with Gasteiger partial charge in [0.25, 0.3) is 5.56 Å². The summed E-state index contributed by atoms with van der Waals surface area (Å²) in [6, 6.07) is 0. The maximum Gasteiger partial charge on any atom is 0.254 e. The van der Waals surface area contributed by atoms with Crippen LogP contribution in [0.1, 0.15) is 25.3 Å². The molecule has 0 fully saturated rings. The van der Waals surface area contributed by atoms with Gasteiger partial charge in [-0.15, -0.1) is 0 Å². The van der Waals surface area contributed by atoms with E-state index >= 15 is 0 Å². The summed E-state index contributed by atoms with van der Waals surface area (Å²) in [7, 11) is 0. The first kappa shape index (κ1) is 12.1. The lowest BCUT2D eigenvalue weighted by molar-refractivity contribution is 0.132. The summed E-state index contributed by atoms with van der Waals surface area (Å²) in [6.07, 6.45) is 4.26. The molecule has 0 saturated heterocycles. The predicted octanol–water partition coefficient (Wildman–Crippen LogP) is 1.79. The Bertz CT molecular complexity index is 397. The summed E-state index contributed by atoms with van der Waals surface area (Å²) in [5.74, 6) is 0.